The molecule has 0 saturated carbocycles. The maximum Gasteiger partial charge on any atom is 0.00388 e. The van der Waals surface area contributed by atoms with Gasteiger partial charge in [0.2, 0.25) is 0 Å². The summed E-state index contributed by atoms with van der Waals surface area (Å²) < 4.78 is 0. The Hall–Kier alpha value is -0.820. The zero-order valence-corrected chi connectivity index (χ0v) is 13.4. The van der Waals surface area contributed by atoms with Gasteiger partial charge in [0.05, 0.1) is 0 Å². The standard InChI is InChI=1S/C18H31N/c1-6-8-16(19)10-7-9-15-12-11-14(2)17(13-15)18(3,4)5/h11-13,16H,6-10,19H2,1-5H3. The van der Waals surface area contributed by atoms with E-state index in [4.69, 9.17) is 5.73 Å². The minimum atomic E-state index is 0.235. The van der Waals surface area contributed by atoms with Gasteiger partial charge in [-0.05, 0) is 54.7 Å². The Balaban J connectivity index is 2.60. The zero-order valence-electron chi connectivity index (χ0n) is 13.4. The predicted octanol–water partition coefficient (Wildman–Crippen LogP) is 4.74. The average Bonchev–Trinajstić information content (AvgIpc) is 2.30. The van der Waals surface area contributed by atoms with Crippen LogP contribution in [-0.2, 0) is 11.8 Å². The van der Waals surface area contributed by atoms with Crippen molar-refractivity contribution in [1.82, 2.24) is 0 Å². The summed E-state index contributed by atoms with van der Waals surface area (Å²) in [4.78, 5) is 0. The number of nitrogens with two attached hydrogens (primary N) is 1. The van der Waals surface area contributed by atoms with E-state index in [1.165, 1.54) is 29.5 Å². The smallest absolute Gasteiger partial charge is 0.00388 e. The molecule has 1 heteroatoms. The van der Waals surface area contributed by atoms with Crippen LogP contribution in [0.4, 0.5) is 0 Å². The molecule has 108 valence electrons. The summed E-state index contributed by atoms with van der Waals surface area (Å²) in [5.74, 6) is 0. The Morgan fingerprint density at radius 1 is 1.16 bits per heavy atom. The van der Waals surface area contributed by atoms with Crippen LogP contribution in [-0.4, -0.2) is 6.04 Å². The highest BCUT2D eigenvalue weighted by Gasteiger charge is 2.16. The van der Waals surface area contributed by atoms with Crippen molar-refractivity contribution in [2.75, 3.05) is 0 Å². The van der Waals surface area contributed by atoms with Gasteiger partial charge in [-0.15, -0.1) is 0 Å². The van der Waals surface area contributed by atoms with Gasteiger partial charge in [-0.25, -0.2) is 0 Å². The van der Waals surface area contributed by atoms with Gasteiger partial charge in [-0.2, -0.15) is 0 Å². The number of benzene rings is 1. The summed E-state index contributed by atoms with van der Waals surface area (Å²) in [6.45, 7) is 11.3. The monoisotopic (exact) mass is 261 g/mol. The van der Waals surface area contributed by atoms with Crippen molar-refractivity contribution in [3.05, 3.63) is 34.9 Å². The second kappa shape index (κ2) is 7.09. The van der Waals surface area contributed by atoms with Crippen LogP contribution >= 0.6 is 0 Å². The first-order chi connectivity index (χ1) is 8.84. The summed E-state index contributed by atoms with van der Waals surface area (Å²) in [5, 5.41) is 0. The number of aryl methyl sites for hydroxylation is 2. The van der Waals surface area contributed by atoms with E-state index < -0.39 is 0 Å². The van der Waals surface area contributed by atoms with Gasteiger partial charge < -0.3 is 5.73 Å². The van der Waals surface area contributed by atoms with Crippen molar-refractivity contribution in [3.63, 3.8) is 0 Å². The minimum Gasteiger partial charge on any atom is -0.328 e. The lowest BCUT2D eigenvalue weighted by Crippen LogP contribution is -2.19. The fourth-order valence-corrected chi connectivity index (χ4v) is 2.72. The molecular formula is C18H31N. The van der Waals surface area contributed by atoms with Gasteiger partial charge >= 0.3 is 0 Å². The topological polar surface area (TPSA) is 26.0 Å². The van der Waals surface area contributed by atoms with E-state index in [0.29, 0.717) is 6.04 Å². The maximum absolute atomic E-state index is 6.07. The molecule has 0 saturated heterocycles. The van der Waals surface area contributed by atoms with Crippen LogP contribution in [0, 0.1) is 6.92 Å². The van der Waals surface area contributed by atoms with E-state index in [0.717, 1.165) is 19.3 Å². The molecule has 0 bridgehead atoms. The molecule has 19 heavy (non-hydrogen) atoms. The fraction of sp³-hybridized carbons (Fsp3) is 0.667. The van der Waals surface area contributed by atoms with Crippen LogP contribution in [0.25, 0.3) is 0 Å². The molecule has 1 aromatic rings. The lowest BCUT2D eigenvalue weighted by molar-refractivity contribution is 0.538. The summed E-state index contributed by atoms with van der Waals surface area (Å²) in [6.07, 6.45) is 5.85. The zero-order chi connectivity index (χ0) is 14.5. The first-order valence-corrected chi connectivity index (χ1v) is 7.70. The van der Waals surface area contributed by atoms with Crippen molar-refractivity contribution in [2.24, 2.45) is 5.73 Å². The quantitative estimate of drug-likeness (QED) is 0.786. The van der Waals surface area contributed by atoms with Crippen molar-refractivity contribution >= 4 is 0 Å². The molecule has 1 rings (SSSR count). The van der Waals surface area contributed by atoms with E-state index in [-0.39, 0.29) is 5.41 Å². The lowest BCUT2D eigenvalue weighted by Gasteiger charge is -2.22. The maximum atomic E-state index is 6.07. The summed E-state index contributed by atoms with van der Waals surface area (Å²) in [7, 11) is 0. The highest BCUT2D eigenvalue weighted by atomic mass is 14.6. The minimum absolute atomic E-state index is 0.235. The molecule has 0 aromatic heterocycles. The largest absolute Gasteiger partial charge is 0.328 e. The van der Waals surface area contributed by atoms with Gasteiger partial charge in [-0.1, -0.05) is 52.3 Å². The molecule has 2 N–H and O–H groups in total. The molecule has 0 spiro atoms. The molecule has 0 amide bonds. The van der Waals surface area contributed by atoms with Gasteiger partial charge in [0, 0.05) is 6.04 Å². The third-order valence-electron chi connectivity index (χ3n) is 3.81. The molecule has 0 radical (unpaired) electrons. The molecule has 0 aliphatic carbocycles. The van der Waals surface area contributed by atoms with Crippen LogP contribution in [0.3, 0.4) is 0 Å². The van der Waals surface area contributed by atoms with Gasteiger partial charge in [0.1, 0.15) is 0 Å². The Morgan fingerprint density at radius 3 is 2.42 bits per heavy atom. The molecule has 1 aromatic carbocycles. The molecule has 0 aliphatic rings. The van der Waals surface area contributed by atoms with Crippen molar-refractivity contribution < 1.29 is 0 Å². The molecule has 0 fully saturated rings. The fourth-order valence-electron chi connectivity index (χ4n) is 2.72. The Labute approximate surface area is 119 Å². The third kappa shape index (κ3) is 5.36. The van der Waals surface area contributed by atoms with Crippen molar-refractivity contribution in [2.45, 2.75) is 78.2 Å². The number of rotatable bonds is 6. The SMILES string of the molecule is CCCC(N)CCCc1ccc(C)c(C(C)(C)C)c1. The van der Waals surface area contributed by atoms with Crippen LogP contribution in [0.1, 0.15) is 70.1 Å². The number of hydrogen-bond acceptors (Lipinski definition) is 1. The van der Waals surface area contributed by atoms with Crippen LogP contribution in [0.2, 0.25) is 0 Å². The van der Waals surface area contributed by atoms with Crippen molar-refractivity contribution in [3.8, 4) is 0 Å². The summed E-state index contributed by atoms with van der Waals surface area (Å²) in [6, 6.07) is 7.32. The second-order valence-corrected chi connectivity index (χ2v) is 6.84. The van der Waals surface area contributed by atoms with Gasteiger partial charge in [-0.3, -0.25) is 0 Å². The predicted molar refractivity (Wildman–Crippen MR) is 85.7 cm³/mol. The Bertz CT molecular complexity index is 387. The summed E-state index contributed by atoms with van der Waals surface area (Å²) >= 11 is 0. The molecule has 0 heterocycles. The van der Waals surface area contributed by atoms with Crippen LogP contribution in [0.15, 0.2) is 18.2 Å². The van der Waals surface area contributed by atoms with Crippen LogP contribution in [0.5, 0.6) is 0 Å². The van der Waals surface area contributed by atoms with E-state index >= 15 is 0 Å². The van der Waals surface area contributed by atoms with E-state index in [9.17, 15) is 0 Å². The van der Waals surface area contributed by atoms with Gasteiger partial charge in [0.25, 0.3) is 0 Å². The average molecular weight is 261 g/mol. The normalized spacial score (nSPS) is 13.6. The van der Waals surface area contributed by atoms with E-state index in [2.05, 4.69) is 52.8 Å². The number of hydrogen-bond donors (Lipinski definition) is 1. The molecule has 1 atom stereocenters. The lowest BCUT2D eigenvalue weighted by atomic mass is 9.83. The Kier molecular flexibility index (Phi) is 6.06. The third-order valence-corrected chi connectivity index (χ3v) is 3.81. The van der Waals surface area contributed by atoms with E-state index in [1.807, 2.05) is 0 Å². The Morgan fingerprint density at radius 2 is 1.84 bits per heavy atom. The first-order valence-electron chi connectivity index (χ1n) is 7.70. The molecule has 0 aliphatic heterocycles. The van der Waals surface area contributed by atoms with Crippen molar-refractivity contribution in [1.29, 1.82) is 0 Å². The molecule has 1 unspecified atom stereocenters. The van der Waals surface area contributed by atoms with Gasteiger partial charge in [0.15, 0.2) is 0 Å². The molecular weight excluding hydrogens is 230 g/mol. The summed E-state index contributed by atoms with van der Waals surface area (Å²) in [5.41, 5.74) is 10.6. The highest BCUT2D eigenvalue weighted by Crippen LogP contribution is 2.27. The second-order valence-electron chi connectivity index (χ2n) is 6.84. The molecule has 1 nitrogen and oxygen atoms in total. The van der Waals surface area contributed by atoms with Crippen LogP contribution < -0.4 is 5.73 Å². The van der Waals surface area contributed by atoms with E-state index in [1.54, 1.807) is 0 Å². The highest BCUT2D eigenvalue weighted by molar-refractivity contribution is 5.35. The first kappa shape index (κ1) is 16.2.